The molecule has 160 valence electrons. The second kappa shape index (κ2) is 8.49. The number of hydrogen-bond donors (Lipinski definition) is 1. The molecule has 0 saturated carbocycles. The van der Waals surface area contributed by atoms with Crippen molar-refractivity contribution in [3.05, 3.63) is 77.8 Å². The number of anilines is 2. The average molecular weight is 459 g/mol. The molecule has 1 N–H and O–H groups in total. The highest BCUT2D eigenvalue weighted by Crippen LogP contribution is 2.36. The number of amides is 1. The van der Waals surface area contributed by atoms with Crippen molar-refractivity contribution in [1.29, 1.82) is 0 Å². The first kappa shape index (κ1) is 21.0. The van der Waals surface area contributed by atoms with E-state index in [1.807, 2.05) is 18.2 Å². The number of ether oxygens (including phenoxy) is 2. The number of rotatable bonds is 5. The van der Waals surface area contributed by atoms with Crippen LogP contribution in [0.2, 0.25) is 5.02 Å². The van der Waals surface area contributed by atoms with Crippen LogP contribution in [-0.4, -0.2) is 33.2 Å². The van der Waals surface area contributed by atoms with Gasteiger partial charge in [-0.15, -0.1) is 0 Å². The van der Waals surface area contributed by atoms with Gasteiger partial charge >= 0.3 is 0 Å². The molecule has 1 unspecified atom stereocenters. The fraction of sp³-hybridized carbons (Fsp3) is 0.136. The van der Waals surface area contributed by atoms with Crippen LogP contribution in [0.15, 0.2) is 72.8 Å². The van der Waals surface area contributed by atoms with Crippen LogP contribution in [0.25, 0.3) is 0 Å². The van der Waals surface area contributed by atoms with Gasteiger partial charge in [0, 0.05) is 5.02 Å². The topological polar surface area (TPSA) is 84.9 Å². The molecule has 3 aromatic rings. The molecule has 1 aliphatic rings. The van der Waals surface area contributed by atoms with Gasteiger partial charge in [-0.05, 0) is 42.5 Å². The lowest BCUT2D eigenvalue weighted by Gasteiger charge is -2.33. The maximum atomic E-state index is 13.0. The zero-order valence-corrected chi connectivity index (χ0v) is 18.1. The van der Waals surface area contributed by atoms with Crippen LogP contribution in [0.4, 0.5) is 11.4 Å². The number of fused-ring (bicyclic) bond motifs is 1. The Kier molecular flexibility index (Phi) is 5.75. The number of carbonyl (C=O) groups is 1. The molecular weight excluding hydrogens is 440 g/mol. The Hall–Kier alpha value is -3.23. The summed E-state index contributed by atoms with van der Waals surface area (Å²) in [5.74, 6) is 0.765. The van der Waals surface area contributed by atoms with Crippen molar-refractivity contribution in [2.75, 3.05) is 22.4 Å². The molecular formula is C22H19ClN2O5S. The molecule has 0 saturated heterocycles. The Morgan fingerprint density at radius 2 is 1.81 bits per heavy atom. The van der Waals surface area contributed by atoms with Gasteiger partial charge in [-0.2, -0.15) is 0 Å². The molecule has 4 rings (SSSR count). The normalized spacial score (nSPS) is 15.5. The third-order valence-electron chi connectivity index (χ3n) is 4.60. The number of nitrogens with one attached hydrogen (secondary N) is 1. The van der Waals surface area contributed by atoms with Gasteiger partial charge in [0.15, 0.2) is 11.9 Å². The van der Waals surface area contributed by atoms with Crippen LogP contribution in [-0.2, 0) is 14.8 Å². The second-order valence-corrected chi connectivity index (χ2v) is 9.26. The van der Waals surface area contributed by atoms with Gasteiger partial charge in [0.05, 0.1) is 24.2 Å². The smallest absolute Gasteiger partial charge is 0.267 e. The van der Waals surface area contributed by atoms with Crippen LogP contribution in [0.5, 0.6) is 17.2 Å². The van der Waals surface area contributed by atoms with Gasteiger partial charge in [0.25, 0.3) is 5.91 Å². The average Bonchev–Trinajstić information content (AvgIpc) is 2.75. The van der Waals surface area contributed by atoms with Gasteiger partial charge in [-0.25, -0.2) is 8.42 Å². The molecule has 9 heteroatoms. The molecule has 1 amide bonds. The van der Waals surface area contributed by atoms with Crippen molar-refractivity contribution in [3.63, 3.8) is 0 Å². The van der Waals surface area contributed by atoms with E-state index < -0.39 is 22.0 Å². The van der Waals surface area contributed by atoms with Crippen LogP contribution in [0.1, 0.15) is 0 Å². The Morgan fingerprint density at radius 1 is 1.10 bits per heavy atom. The summed E-state index contributed by atoms with van der Waals surface area (Å²) in [5, 5.41) is 3.16. The fourth-order valence-corrected chi connectivity index (χ4v) is 4.26. The number of hydrogen-bond acceptors (Lipinski definition) is 5. The van der Waals surface area contributed by atoms with Gasteiger partial charge < -0.3 is 14.8 Å². The van der Waals surface area contributed by atoms with E-state index in [2.05, 4.69) is 5.32 Å². The molecule has 7 nitrogen and oxygen atoms in total. The standard InChI is InChI=1S/C22H19ClN2O5S/c1-31(27,28)25-14-21(30-20-10-6-5-9-18(20)25)22(26)24-17-13-15(23)11-12-19(17)29-16-7-3-2-4-8-16/h2-13,21H,14H2,1H3,(H,24,26). The Balaban J connectivity index is 1.59. The lowest BCUT2D eigenvalue weighted by Crippen LogP contribution is -2.48. The molecule has 0 fully saturated rings. The predicted molar refractivity (Wildman–Crippen MR) is 120 cm³/mol. The van der Waals surface area contributed by atoms with Crippen LogP contribution < -0.4 is 19.1 Å². The minimum absolute atomic E-state index is 0.156. The highest BCUT2D eigenvalue weighted by atomic mass is 35.5. The summed E-state index contributed by atoms with van der Waals surface area (Å²) in [6.07, 6.45) is 0.0282. The summed E-state index contributed by atoms with van der Waals surface area (Å²) in [6, 6.07) is 20.6. The maximum Gasteiger partial charge on any atom is 0.267 e. The molecule has 0 bridgehead atoms. The first-order valence-corrected chi connectivity index (χ1v) is 11.6. The molecule has 1 atom stereocenters. The molecule has 3 aromatic carbocycles. The van der Waals surface area contributed by atoms with Gasteiger partial charge in [0.2, 0.25) is 10.0 Å². The molecule has 0 aliphatic carbocycles. The van der Waals surface area contributed by atoms with Crippen molar-refractivity contribution in [2.24, 2.45) is 0 Å². The van der Waals surface area contributed by atoms with Crippen molar-refractivity contribution >= 4 is 38.9 Å². The molecule has 0 aromatic heterocycles. The van der Waals surface area contributed by atoms with Gasteiger partial charge in [-0.3, -0.25) is 9.10 Å². The summed E-state index contributed by atoms with van der Waals surface area (Å²) in [4.78, 5) is 13.0. The molecule has 1 heterocycles. The highest BCUT2D eigenvalue weighted by Gasteiger charge is 2.35. The summed E-state index contributed by atoms with van der Waals surface area (Å²) < 4.78 is 37.4. The number of nitrogens with zero attached hydrogens (tertiary/aromatic N) is 1. The monoisotopic (exact) mass is 458 g/mol. The molecule has 31 heavy (non-hydrogen) atoms. The van der Waals surface area contributed by atoms with Crippen LogP contribution in [0.3, 0.4) is 0 Å². The van der Waals surface area contributed by atoms with E-state index in [4.69, 9.17) is 21.1 Å². The second-order valence-electron chi connectivity index (χ2n) is 6.91. The predicted octanol–water partition coefficient (Wildman–Crippen LogP) is 4.30. The first-order valence-electron chi connectivity index (χ1n) is 9.38. The minimum Gasteiger partial charge on any atom is -0.476 e. The summed E-state index contributed by atoms with van der Waals surface area (Å²) in [7, 11) is -3.61. The molecule has 1 aliphatic heterocycles. The summed E-state index contributed by atoms with van der Waals surface area (Å²) in [6.45, 7) is -0.156. The minimum atomic E-state index is -3.61. The zero-order valence-electron chi connectivity index (χ0n) is 16.5. The number of carbonyl (C=O) groups excluding carboxylic acids is 1. The van der Waals surface area contributed by atoms with Crippen LogP contribution >= 0.6 is 11.6 Å². The fourth-order valence-electron chi connectivity index (χ4n) is 3.17. The van der Waals surface area contributed by atoms with Crippen molar-refractivity contribution in [3.8, 4) is 17.2 Å². The number of benzene rings is 3. The van der Waals surface area contributed by atoms with Gasteiger partial charge in [0.1, 0.15) is 11.5 Å². The highest BCUT2D eigenvalue weighted by molar-refractivity contribution is 7.92. The van der Waals surface area contributed by atoms with Crippen molar-refractivity contribution in [1.82, 2.24) is 0 Å². The van der Waals surface area contributed by atoms with E-state index in [1.165, 1.54) is 0 Å². The zero-order chi connectivity index (χ0) is 22.0. The third kappa shape index (κ3) is 4.76. The van der Waals surface area contributed by atoms with E-state index >= 15 is 0 Å². The quantitative estimate of drug-likeness (QED) is 0.616. The van der Waals surface area contributed by atoms with Gasteiger partial charge in [-0.1, -0.05) is 41.9 Å². The Labute approximate surface area is 185 Å². The van der Waals surface area contributed by atoms with E-state index in [9.17, 15) is 13.2 Å². The number of para-hydroxylation sites is 3. The lowest BCUT2D eigenvalue weighted by molar-refractivity contribution is -0.122. The van der Waals surface area contributed by atoms with E-state index in [0.29, 0.717) is 33.6 Å². The SMILES string of the molecule is CS(=O)(=O)N1CC(C(=O)Nc2cc(Cl)ccc2Oc2ccccc2)Oc2ccccc21. The summed E-state index contributed by atoms with van der Waals surface area (Å²) >= 11 is 6.11. The number of sulfonamides is 1. The maximum absolute atomic E-state index is 13.0. The first-order chi connectivity index (χ1) is 14.8. The Bertz CT molecular complexity index is 1220. The van der Waals surface area contributed by atoms with E-state index in [1.54, 1.807) is 54.6 Å². The largest absolute Gasteiger partial charge is 0.476 e. The molecule has 0 radical (unpaired) electrons. The third-order valence-corrected chi connectivity index (χ3v) is 5.98. The lowest BCUT2D eigenvalue weighted by atomic mass is 10.2. The van der Waals surface area contributed by atoms with Crippen molar-refractivity contribution in [2.45, 2.75) is 6.10 Å². The van der Waals surface area contributed by atoms with Crippen LogP contribution in [0, 0.1) is 0 Å². The number of halogens is 1. The summed E-state index contributed by atoms with van der Waals surface area (Å²) in [5.41, 5.74) is 0.736. The van der Waals surface area contributed by atoms with E-state index in [-0.39, 0.29) is 6.54 Å². The molecule has 0 spiro atoms. The Morgan fingerprint density at radius 3 is 2.55 bits per heavy atom. The van der Waals surface area contributed by atoms with Crippen molar-refractivity contribution < 1.29 is 22.7 Å². The van der Waals surface area contributed by atoms with E-state index in [0.717, 1.165) is 10.6 Å².